The molecule has 0 saturated heterocycles. The second kappa shape index (κ2) is 14.5. The summed E-state index contributed by atoms with van der Waals surface area (Å²) in [6.07, 6.45) is 2.36. The van der Waals surface area contributed by atoms with Gasteiger partial charge in [-0.15, -0.1) is 0 Å². The van der Waals surface area contributed by atoms with Gasteiger partial charge in [-0.05, 0) is 41.2 Å². The normalized spacial score (nSPS) is 14.9. The number of amides is 3. The topological polar surface area (TPSA) is 187 Å². The summed E-state index contributed by atoms with van der Waals surface area (Å²) in [6, 6.07) is 9.44. The molecule has 0 radical (unpaired) electrons. The monoisotopic (exact) mass is 579 g/mol. The minimum absolute atomic E-state index is 0.0406. The highest BCUT2D eigenvalue weighted by Crippen LogP contribution is 2.20. The van der Waals surface area contributed by atoms with Crippen LogP contribution in [0, 0.1) is 11.8 Å². The summed E-state index contributed by atoms with van der Waals surface area (Å²) >= 11 is 0. The highest BCUT2D eigenvalue weighted by molar-refractivity contribution is 5.94. The van der Waals surface area contributed by atoms with Crippen LogP contribution >= 0.6 is 0 Å². The molecular formula is C31H41N5O6. The fraction of sp³-hybridized carbons (Fsp3) is 0.419. The Morgan fingerprint density at radius 2 is 1.50 bits per heavy atom. The van der Waals surface area contributed by atoms with E-state index in [2.05, 4.69) is 20.9 Å². The van der Waals surface area contributed by atoms with Gasteiger partial charge in [0.1, 0.15) is 23.9 Å². The van der Waals surface area contributed by atoms with Crippen LogP contribution in [0.25, 0.3) is 10.9 Å². The van der Waals surface area contributed by atoms with Crippen LogP contribution in [0.3, 0.4) is 0 Å². The van der Waals surface area contributed by atoms with E-state index in [1.165, 1.54) is 12.1 Å². The number of H-pyrrole nitrogens is 1. The predicted molar refractivity (Wildman–Crippen MR) is 160 cm³/mol. The molecule has 5 atom stereocenters. The first kappa shape index (κ1) is 32.1. The van der Waals surface area contributed by atoms with Crippen molar-refractivity contribution in [3.63, 3.8) is 0 Å². The molecule has 3 rings (SSSR count). The molecule has 0 aliphatic carbocycles. The molecule has 3 aromatic rings. The predicted octanol–water partition coefficient (Wildman–Crippen LogP) is 2.23. The average molecular weight is 580 g/mol. The van der Waals surface area contributed by atoms with Crippen LogP contribution in [-0.4, -0.2) is 63.1 Å². The van der Waals surface area contributed by atoms with E-state index >= 15 is 0 Å². The first-order valence-electron chi connectivity index (χ1n) is 14.1. The van der Waals surface area contributed by atoms with Crippen LogP contribution in [-0.2, 0) is 32.0 Å². The van der Waals surface area contributed by atoms with E-state index in [0.29, 0.717) is 12.0 Å². The van der Waals surface area contributed by atoms with Crippen molar-refractivity contribution in [1.29, 1.82) is 0 Å². The lowest BCUT2D eigenvalue weighted by molar-refractivity contribution is -0.142. The van der Waals surface area contributed by atoms with E-state index in [4.69, 9.17) is 5.73 Å². The fourth-order valence-electron chi connectivity index (χ4n) is 4.59. The number of nitrogens with one attached hydrogen (secondary N) is 4. The number of phenolic OH excluding ortho intramolecular Hbond substituents is 1. The van der Waals surface area contributed by atoms with Gasteiger partial charge >= 0.3 is 5.97 Å². The zero-order valence-electron chi connectivity index (χ0n) is 24.4. The van der Waals surface area contributed by atoms with Crippen LogP contribution in [0.1, 0.15) is 45.2 Å². The van der Waals surface area contributed by atoms with Crippen molar-refractivity contribution >= 4 is 34.6 Å². The molecule has 0 bridgehead atoms. The number of hydrogen-bond donors (Lipinski definition) is 7. The SMILES string of the molecule is CCC(C)C(NC(=O)C(Cc1ccc(O)cc1)NC(=O)C(N)C(C)C)C(=O)NC(Cc1c[nH]c2ccccc12)C(=O)O. The number of phenols is 1. The molecule has 1 heterocycles. The summed E-state index contributed by atoms with van der Waals surface area (Å²) in [7, 11) is 0. The Bertz CT molecular complexity index is 1390. The first-order chi connectivity index (χ1) is 19.9. The molecule has 11 heteroatoms. The van der Waals surface area contributed by atoms with Gasteiger partial charge in [-0.1, -0.05) is 64.4 Å². The van der Waals surface area contributed by atoms with Gasteiger partial charge in [0.25, 0.3) is 0 Å². The summed E-state index contributed by atoms with van der Waals surface area (Å²) in [6.45, 7) is 7.22. The molecule has 2 aromatic carbocycles. The van der Waals surface area contributed by atoms with Crippen molar-refractivity contribution in [2.24, 2.45) is 17.6 Å². The van der Waals surface area contributed by atoms with Gasteiger partial charge < -0.3 is 36.9 Å². The van der Waals surface area contributed by atoms with E-state index < -0.39 is 47.9 Å². The zero-order chi connectivity index (χ0) is 31.0. The maximum atomic E-state index is 13.6. The van der Waals surface area contributed by atoms with Crippen LogP contribution in [0.15, 0.2) is 54.7 Å². The quantitative estimate of drug-likeness (QED) is 0.152. The second-order valence-electron chi connectivity index (χ2n) is 11.0. The standard InChI is InChI=1S/C31H41N5O6/c1-5-18(4)27(30(40)35-25(31(41)42)15-20-16-33-23-9-7-6-8-22(20)23)36-28(38)24(34-29(39)26(32)17(2)3)14-19-10-12-21(37)13-11-19/h6-13,16-18,24-27,33,37H,5,14-15,32H2,1-4H3,(H,34,39)(H,35,40)(H,36,38)(H,41,42). The van der Waals surface area contributed by atoms with Crippen molar-refractivity contribution in [2.75, 3.05) is 0 Å². The Kier molecular flexibility index (Phi) is 11.1. The third-order valence-corrected chi connectivity index (χ3v) is 7.54. The molecule has 0 fully saturated rings. The number of carboxylic acids is 1. The number of fused-ring (bicyclic) bond motifs is 1. The Balaban J connectivity index is 1.81. The number of aromatic hydroxyl groups is 1. The van der Waals surface area contributed by atoms with Crippen LogP contribution in [0.5, 0.6) is 5.75 Å². The second-order valence-corrected chi connectivity index (χ2v) is 11.0. The van der Waals surface area contributed by atoms with E-state index in [1.807, 2.05) is 31.2 Å². The molecule has 0 spiro atoms. The van der Waals surface area contributed by atoms with E-state index in [0.717, 1.165) is 16.5 Å². The zero-order valence-corrected chi connectivity index (χ0v) is 24.4. The molecule has 226 valence electrons. The van der Waals surface area contributed by atoms with Crippen LogP contribution in [0.2, 0.25) is 0 Å². The minimum Gasteiger partial charge on any atom is -0.508 e. The molecule has 5 unspecified atom stereocenters. The summed E-state index contributed by atoms with van der Waals surface area (Å²) in [5.74, 6) is -3.44. The summed E-state index contributed by atoms with van der Waals surface area (Å²) < 4.78 is 0. The lowest BCUT2D eigenvalue weighted by Crippen LogP contribution is -2.59. The van der Waals surface area contributed by atoms with E-state index in [9.17, 15) is 29.4 Å². The molecule has 0 aliphatic heterocycles. The Hall–Kier alpha value is -4.38. The number of carboxylic acid groups (broad SMARTS) is 1. The number of aromatic amines is 1. The Labute approximate surface area is 245 Å². The molecule has 11 nitrogen and oxygen atoms in total. The molecule has 1 aromatic heterocycles. The van der Waals surface area contributed by atoms with Gasteiger partial charge in [-0.3, -0.25) is 14.4 Å². The number of benzene rings is 2. The lowest BCUT2D eigenvalue weighted by atomic mass is 9.96. The number of rotatable bonds is 14. The van der Waals surface area contributed by atoms with Gasteiger partial charge in [0.2, 0.25) is 17.7 Å². The number of carbonyl (C=O) groups excluding carboxylic acids is 3. The molecule has 0 saturated carbocycles. The van der Waals surface area contributed by atoms with Crippen LogP contribution in [0.4, 0.5) is 0 Å². The first-order valence-corrected chi connectivity index (χ1v) is 14.1. The largest absolute Gasteiger partial charge is 0.508 e. The minimum atomic E-state index is -1.24. The van der Waals surface area contributed by atoms with E-state index in [-0.39, 0.29) is 30.4 Å². The third kappa shape index (κ3) is 8.32. The smallest absolute Gasteiger partial charge is 0.326 e. The van der Waals surface area contributed by atoms with Crippen molar-refractivity contribution in [3.8, 4) is 5.75 Å². The van der Waals surface area contributed by atoms with Gasteiger partial charge in [0.05, 0.1) is 6.04 Å². The summed E-state index contributed by atoms with van der Waals surface area (Å²) in [5, 5.41) is 28.5. The Morgan fingerprint density at radius 1 is 0.857 bits per heavy atom. The van der Waals surface area contributed by atoms with Gasteiger partial charge in [-0.2, -0.15) is 0 Å². The number of hydrogen-bond acceptors (Lipinski definition) is 6. The molecule has 8 N–H and O–H groups in total. The van der Waals surface area contributed by atoms with Crippen molar-refractivity contribution < 1.29 is 29.4 Å². The average Bonchev–Trinajstić information content (AvgIpc) is 3.37. The summed E-state index contributed by atoms with van der Waals surface area (Å²) in [4.78, 5) is 55.2. The highest BCUT2D eigenvalue weighted by Gasteiger charge is 2.33. The summed E-state index contributed by atoms with van der Waals surface area (Å²) in [5.41, 5.74) is 8.27. The van der Waals surface area contributed by atoms with Crippen LogP contribution < -0.4 is 21.7 Å². The highest BCUT2D eigenvalue weighted by atomic mass is 16.4. The molecule has 0 aliphatic rings. The lowest BCUT2D eigenvalue weighted by Gasteiger charge is -2.28. The Morgan fingerprint density at radius 3 is 2.12 bits per heavy atom. The maximum Gasteiger partial charge on any atom is 0.326 e. The van der Waals surface area contributed by atoms with Crippen molar-refractivity contribution in [3.05, 3.63) is 65.9 Å². The maximum absolute atomic E-state index is 13.6. The number of para-hydroxylation sites is 1. The third-order valence-electron chi connectivity index (χ3n) is 7.54. The van der Waals surface area contributed by atoms with E-state index in [1.54, 1.807) is 39.1 Å². The fourth-order valence-corrected chi connectivity index (χ4v) is 4.59. The van der Waals surface area contributed by atoms with Crippen molar-refractivity contribution in [1.82, 2.24) is 20.9 Å². The molecule has 42 heavy (non-hydrogen) atoms. The van der Waals surface area contributed by atoms with Gasteiger partial charge in [0, 0.05) is 29.9 Å². The number of aromatic nitrogens is 1. The van der Waals surface area contributed by atoms with Gasteiger partial charge in [0.15, 0.2) is 0 Å². The number of carbonyl (C=O) groups is 4. The van der Waals surface area contributed by atoms with Gasteiger partial charge in [-0.25, -0.2) is 4.79 Å². The number of aliphatic carboxylic acids is 1. The molecular weight excluding hydrogens is 538 g/mol. The molecule has 3 amide bonds. The number of nitrogens with two attached hydrogens (primary N) is 1. The van der Waals surface area contributed by atoms with Crippen molar-refractivity contribution in [2.45, 2.75) is 71.1 Å².